The van der Waals surface area contributed by atoms with Crippen molar-refractivity contribution in [1.29, 1.82) is 0 Å². The molecule has 0 aliphatic heterocycles. The quantitative estimate of drug-likeness (QED) is 0.792. The van der Waals surface area contributed by atoms with Gasteiger partial charge in [0.05, 0.1) is 6.33 Å². The molecule has 1 unspecified atom stereocenters. The van der Waals surface area contributed by atoms with Gasteiger partial charge in [0, 0.05) is 18.4 Å². The highest BCUT2D eigenvalue weighted by Gasteiger charge is 2.12. The molecule has 2 heteroatoms. The molecule has 0 saturated heterocycles. The van der Waals surface area contributed by atoms with Gasteiger partial charge in [-0.2, -0.15) is 0 Å². The predicted octanol–water partition coefficient (Wildman–Crippen LogP) is 4.00. The van der Waals surface area contributed by atoms with Crippen LogP contribution in [0.15, 0.2) is 30.9 Å². The molecular formula is C16H22N2. The lowest BCUT2D eigenvalue weighted by Crippen LogP contribution is -2.11. The normalized spacial score (nSPS) is 12.7. The summed E-state index contributed by atoms with van der Waals surface area (Å²) in [6.07, 6.45) is 8.06. The fourth-order valence-corrected chi connectivity index (χ4v) is 2.71. The Morgan fingerprint density at radius 2 is 1.83 bits per heavy atom. The van der Waals surface area contributed by atoms with Crippen molar-refractivity contribution in [2.24, 2.45) is 0 Å². The van der Waals surface area contributed by atoms with E-state index in [1.807, 2.05) is 12.5 Å². The summed E-state index contributed by atoms with van der Waals surface area (Å²) in [5, 5.41) is 0. The summed E-state index contributed by atoms with van der Waals surface area (Å²) in [5.41, 5.74) is 5.66. The Morgan fingerprint density at radius 3 is 2.33 bits per heavy atom. The number of nitrogens with zero attached hydrogens (tertiary/aromatic N) is 2. The molecule has 1 heterocycles. The van der Waals surface area contributed by atoms with Gasteiger partial charge in [0.2, 0.25) is 0 Å². The Hall–Kier alpha value is -1.57. The van der Waals surface area contributed by atoms with E-state index in [-0.39, 0.29) is 0 Å². The van der Waals surface area contributed by atoms with Gasteiger partial charge in [-0.05, 0) is 50.3 Å². The van der Waals surface area contributed by atoms with Crippen molar-refractivity contribution in [3.05, 3.63) is 53.1 Å². The van der Waals surface area contributed by atoms with E-state index in [9.17, 15) is 0 Å². The minimum atomic E-state index is 0.507. The molecule has 2 nitrogen and oxygen atoms in total. The second kappa shape index (κ2) is 5.38. The van der Waals surface area contributed by atoms with Crippen molar-refractivity contribution in [1.82, 2.24) is 9.55 Å². The number of aryl methyl sites for hydroxylation is 3. The van der Waals surface area contributed by atoms with Crippen molar-refractivity contribution >= 4 is 0 Å². The molecule has 18 heavy (non-hydrogen) atoms. The van der Waals surface area contributed by atoms with Crippen molar-refractivity contribution in [3.8, 4) is 0 Å². The Bertz CT molecular complexity index is 489. The zero-order chi connectivity index (χ0) is 13.1. The van der Waals surface area contributed by atoms with Crippen molar-refractivity contribution in [3.63, 3.8) is 0 Å². The number of aromatic nitrogens is 2. The van der Waals surface area contributed by atoms with E-state index in [1.54, 1.807) is 0 Å². The first-order chi connectivity index (χ1) is 8.61. The molecule has 2 aromatic rings. The first kappa shape index (κ1) is 12.9. The molecule has 1 aromatic heterocycles. The third-order valence-electron chi connectivity index (χ3n) is 3.70. The summed E-state index contributed by atoms with van der Waals surface area (Å²) in [6, 6.07) is 5.07. The average Bonchev–Trinajstić information content (AvgIpc) is 2.81. The van der Waals surface area contributed by atoms with E-state index in [1.165, 1.54) is 22.3 Å². The highest BCUT2D eigenvalue weighted by molar-refractivity contribution is 5.37. The Kier molecular flexibility index (Phi) is 3.85. The van der Waals surface area contributed by atoms with Gasteiger partial charge in [-0.1, -0.05) is 24.6 Å². The molecule has 0 aliphatic carbocycles. The number of hydrogen-bond donors (Lipinski definition) is 0. The summed E-state index contributed by atoms with van der Waals surface area (Å²) in [6.45, 7) is 8.84. The van der Waals surface area contributed by atoms with Gasteiger partial charge in [0.15, 0.2) is 0 Å². The van der Waals surface area contributed by atoms with E-state index in [0.717, 1.165) is 12.8 Å². The molecule has 0 aliphatic rings. The molecule has 0 amide bonds. The van der Waals surface area contributed by atoms with E-state index in [0.29, 0.717) is 6.04 Å². The molecule has 1 atom stereocenters. The van der Waals surface area contributed by atoms with Crippen LogP contribution in [0.1, 0.15) is 41.6 Å². The van der Waals surface area contributed by atoms with Gasteiger partial charge in [-0.3, -0.25) is 0 Å². The van der Waals surface area contributed by atoms with Crippen LogP contribution in [0.25, 0.3) is 0 Å². The lowest BCUT2D eigenvalue weighted by molar-refractivity contribution is 0.481. The molecule has 0 radical (unpaired) electrons. The number of hydrogen-bond acceptors (Lipinski definition) is 1. The number of rotatable bonds is 4. The highest BCUT2D eigenvalue weighted by atomic mass is 15.0. The number of benzene rings is 1. The van der Waals surface area contributed by atoms with Gasteiger partial charge in [0.25, 0.3) is 0 Å². The van der Waals surface area contributed by atoms with Crippen LogP contribution in [0.3, 0.4) is 0 Å². The van der Waals surface area contributed by atoms with Crippen LogP contribution in [0, 0.1) is 20.8 Å². The first-order valence-corrected chi connectivity index (χ1v) is 6.66. The second-order valence-electron chi connectivity index (χ2n) is 5.15. The fourth-order valence-electron chi connectivity index (χ4n) is 2.71. The predicted molar refractivity (Wildman–Crippen MR) is 75.9 cm³/mol. The molecule has 0 saturated carbocycles. The Labute approximate surface area is 110 Å². The third-order valence-corrected chi connectivity index (χ3v) is 3.70. The fraction of sp³-hybridized carbons (Fsp3) is 0.438. The lowest BCUT2D eigenvalue weighted by atomic mass is 9.93. The van der Waals surface area contributed by atoms with Crippen molar-refractivity contribution < 1.29 is 0 Å². The van der Waals surface area contributed by atoms with E-state index < -0.39 is 0 Å². The van der Waals surface area contributed by atoms with E-state index in [2.05, 4.69) is 55.6 Å². The lowest BCUT2D eigenvalue weighted by Gasteiger charge is -2.20. The zero-order valence-electron chi connectivity index (χ0n) is 11.8. The molecule has 96 valence electrons. The SMILES string of the molecule is CCC(Cc1c(C)cc(C)cc1C)n1ccnc1. The molecular weight excluding hydrogens is 220 g/mol. The maximum Gasteiger partial charge on any atom is 0.0948 e. The maximum atomic E-state index is 4.15. The average molecular weight is 242 g/mol. The minimum Gasteiger partial charge on any atom is -0.334 e. The first-order valence-electron chi connectivity index (χ1n) is 6.66. The summed E-state index contributed by atoms with van der Waals surface area (Å²) < 4.78 is 2.22. The minimum absolute atomic E-state index is 0.507. The van der Waals surface area contributed by atoms with Crippen LogP contribution in [0.4, 0.5) is 0 Å². The molecule has 1 aromatic carbocycles. The molecule has 0 spiro atoms. The molecule has 0 N–H and O–H groups in total. The van der Waals surface area contributed by atoms with Gasteiger partial charge in [0.1, 0.15) is 0 Å². The summed E-state index contributed by atoms with van der Waals surface area (Å²) in [4.78, 5) is 4.15. The van der Waals surface area contributed by atoms with Crippen molar-refractivity contribution in [2.45, 2.75) is 46.6 Å². The zero-order valence-corrected chi connectivity index (χ0v) is 11.8. The van der Waals surface area contributed by atoms with E-state index in [4.69, 9.17) is 0 Å². The van der Waals surface area contributed by atoms with Crippen molar-refractivity contribution in [2.75, 3.05) is 0 Å². The standard InChI is InChI=1S/C16H22N2/c1-5-15(18-7-6-17-11-18)10-16-13(3)8-12(2)9-14(16)4/h6-9,11,15H,5,10H2,1-4H3. The topological polar surface area (TPSA) is 17.8 Å². The van der Waals surface area contributed by atoms with Gasteiger partial charge >= 0.3 is 0 Å². The Balaban J connectivity index is 2.28. The van der Waals surface area contributed by atoms with Crippen LogP contribution in [-0.4, -0.2) is 9.55 Å². The Morgan fingerprint density at radius 1 is 1.17 bits per heavy atom. The molecule has 0 bridgehead atoms. The van der Waals surface area contributed by atoms with Gasteiger partial charge in [-0.25, -0.2) is 4.98 Å². The van der Waals surface area contributed by atoms with E-state index >= 15 is 0 Å². The molecule has 2 rings (SSSR count). The van der Waals surface area contributed by atoms with Gasteiger partial charge in [-0.15, -0.1) is 0 Å². The van der Waals surface area contributed by atoms with Crippen LogP contribution < -0.4 is 0 Å². The summed E-state index contributed by atoms with van der Waals surface area (Å²) >= 11 is 0. The van der Waals surface area contributed by atoms with Gasteiger partial charge < -0.3 is 4.57 Å². The monoisotopic (exact) mass is 242 g/mol. The number of imidazole rings is 1. The largest absolute Gasteiger partial charge is 0.334 e. The third kappa shape index (κ3) is 2.63. The van der Waals surface area contributed by atoms with Crippen LogP contribution in [0.5, 0.6) is 0 Å². The smallest absolute Gasteiger partial charge is 0.0948 e. The van der Waals surface area contributed by atoms with Crippen LogP contribution in [0.2, 0.25) is 0 Å². The second-order valence-corrected chi connectivity index (χ2v) is 5.15. The maximum absolute atomic E-state index is 4.15. The molecule has 0 fully saturated rings. The van der Waals surface area contributed by atoms with Crippen LogP contribution >= 0.6 is 0 Å². The summed E-state index contributed by atoms with van der Waals surface area (Å²) in [5.74, 6) is 0. The summed E-state index contributed by atoms with van der Waals surface area (Å²) in [7, 11) is 0. The van der Waals surface area contributed by atoms with Crippen LogP contribution in [-0.2, 0) is 6.42 Å². The highest BCUT2D eigenvalue weighted by Crippen LogP contribution is 2.24.